The van der Waals surface area contributed by atoms with E-state index in [2.05, 4.69) is 39.9 Å². The molecule has 9 rings (SSSR count). The van der Waals surface area contributed by atoms with Crippen molar-refractivity contribution in [3.63, 3.8) is 0 Å². The quantitative estimate of drug-likeness (QED) is 0.0522. The van der Waals surface area contributed by atoms with Crippen LogP contribution < -0.4 is 26.0 Å². The molecule has 2 fully saturated rings. The van der Waals surface area contributed by atoms with Crippen molar-refractivity contribution < 1.29 is 47.1 Å². The minimum atomic E-state index is -4.33. The van der Waals surface area contributed by atoms with Crippen molar-refractivity contribution in [2.75, 3.05) is 72.2 Å². The number of aliphatic hydroxyl groups excluding tert-OH is 1. The number of nitrogens with two attached hydrogens (primary N) is 2. The average Bonchev–Trinajstić information content (AvgIpc) is 4.20. The van der Waals surface area contributed by atoms with Crippen LogP contribution in [0.1, 0.15) is 49.4 Å². The van der Waals surface area contributed by atoms with E-state index in [4.69, 9.17) is 48.9 Å². The second-order valence-electron chi connectivity index (χ2n) is 17.0. The first-order valence-corrected chi connectivity index (χ1v) is 24.8. The third-order valence-corrected chi connectivity index (χ3v) is 14.7. The third-order valence-electron chi connectivity index (χ3n) is 13.1. The number of aromatic nitrogens is 8. The second-order valence-corrected chi connectivity index (χ2v) is 18.8. The largest absolute Gasteiger partial charge is 0.497 e. The van der Waals surface area contributed by atoms with Crippen LogP contribution in [0, 0.1) is 0 Å². The van der Waals surface area contributed by atoms with Crippen LogP contribution in [0.2, 0.25) is 0 Å². The Kier molecular flexibility index (Phi) is 15.2. The highest BCUT2D eigenvalue weighted by molar-refractivity contribution is 7.51. The maximum absolute atomic E-state index is 15.5. The van der Waals surface area contributed by atoms with E-state index >= 15 is 4.57 Å². The van der Waals surface area contributed by atoms with Crippen molar-refractivity contribution in [1.82, 2.24) is 49.0 Å². The van der Waals surface area contributed by atoms with Gasteiger partial charge in [-0.05, 0) is 54.0 Å². The molecule has 376 valence electrons. The van der Waals surface area contributed by atoms with E-state index in [1.165, 1.54) is 26.1 Å². The Morgan fingerprint density at radius 2 is 1.34 bits per heavy atom. The number of anilines is 2. The number of methoxy groups -OCH3 is 3. The second kappa shape index (κ2) is 21.7. The minimum absolute atomic E-state index is 0.0914. The number of fused-ring (bicyclic) bond motifs is 2. The summed E-state index contributed by atoms with van der Waals surface area (Å²) >= 11 is 0. The van der Waals surface area contributed by atoms with Crippen LogP contribution in [0.5, 0.6) is 11.5 Å². The van der Waals surface area contributed by atoms with Crippen molar-refractivity contribution in [1.29, 1.82) is 0 Å². The maximum atomic E-state index is 15.5. The van der Waals surface area contributed by atoms with E-state index in [9.17, 15) is 5.11 Å². The van der Waals surface area contributed by atoms with E-state index in [1.807, 2.05) is 92.7 Å². The molecule has 1 unspecified atom stereocenters. The number of hydrogen-bond acceptors (Lipinski definition) is 19. The molecule has 2 aliphatic rings. The first-order chi connectivity index (χ1) is 34.5. The van der Waals surface area contributed by atoms with Gasteiger partial charge in [-0.2, -0.15) is 0 Å². The molecule has 7 aromatic rings. The summed E-state index contributed by atoms with van der Waals surface area (Å²) < 4.78 is 69.4. The Hall–Kier alpha value is -6.17. The summed E-state index contributed by atoms with van der Waals surface area (Å²) in [6.07, 6.45) is -0.798. The molecule has 8 atom stereocenters. The van der Waals surface area contributed by atoms with Crippen molar-refractivity contribution in [2.24, 2.45) is 0 Å². The number of nitrogens with zero attached hydrogens (tertiary/aromatic N) is 9. The molecule has 2 saturated heterocycles. The van der Waals surface area contributed by atoms with Gasteiger partial charge in [0.05, 0.1) is 40.1 Å². The zero-order chi connectivity index (χ0) is 49.7. The Bertz CT molecular complexity index is 2860. The average molecular weight is 995 g/mol. The normalized spacial score (nSPS) is 22.4. The van der Waals surface area contributed by atoms with Gasteiger partial charge in [0.2, 0.25) is 0 Å². The van der Waals surface area contributed by atoms with Gasteiger partial charge < -0.3 is 49.9 Å². The number of nitrogens with one attached hydrogen (secondary N) is 1. The lowest BCUT2D eigenvalue weighted by molar-refractivity contribution is -0.0924. The fourth-order valence-electron chi connectivity index (χ4n) is 9.23. The number of rotatable bonds is 22. The summed E-state index contributed by atoms with van der Waals surface area (Å²) in [6, 6.07) is 25.2. The zero-order valence-corrected chi connectivity index (χ0v) is 40.9. The molecule has 0 saturated carbocycles. The smallest absolute Gasteiger partial charge is 0.406 e. The summed E-state index contributed by atoms with van der Waals surface area (Å²) in [6.45, 7) is 5.92. The first-order valence-electron chi connectivity index (χ1n) is 23.3. The summed E-state index contributed by atoms with van der Waals surface area (Å²) in [5, 5.41) is 14.8. The van der Waals surface area contributed by atoms with Crippen LogP contribution >= 0.6 is 7.75 Å². The number of imidazole rings is 2. The first kappa shape index (κ1) is 49.8. The van der Waals surface area contributed by atoms with Gasteiger partial charge in [0.1, 0.15) is 77.5 Å². The monoisotopic (exact) mass is 994 g/mol. The predicted octanol–water partition coefficient (Wildman–Crippen LogP) is 4.86. The molecule has 0 aliphatic carbocycles. The van der Waals surface area contributed by atoms with Gasteiger partial charge in [0.25, 0.3) is 0 Å². The molecule has 0 spiro atoms. The molecular formula is C48H59N12O10P. The van der Waals surface area contributed by atoms with E-state index in [1.54, 1.807) is 29.7 Å². The van der Waals surface area contributed by atoms with Gasteiger partial charge in [0, 0.05) is 26.6 Å². The van der Waals surface area contributed by atoms with Crippen LogP contribution in [-0.2, 0) is 38.2 Å². The molecule has 0 radical (unpaired) electrons. The number of ether oxygens (including phenoxy) is 6. The highest BCUT2D eigenvalue weighted by Crippen LogP contribution is 2.51. The van der Waals surface area contributed by atoms with Crippen molar-refractivity contribution in [3.05, 3.63) is 121 Å². The van der Waals surface area contributed by atoms with Crippen LogP contribution in [0.15, 0.2) is 104 Å². The molecule has 0 bridgehead atoms. The van der Waals surface area contributed by atoms with Crippen molar-refractivity contribution in [3.8, 4) is 11.5 Å². The van der Waals surface area contributed by atoms with Crippen LogP contribution in [0.3, 0.4) is 0 Å². The number of likely N-dealkylation sites (N-methyl/N-ethyl adjacent to an activating group) is 1. The molecule has 22 nitrogen and oxygen atoms in total. The van der Waals surface area contributed by atoms with Gasteiger partial charge in [0.15, 0.2) is 29.2 Å². The summed E-state index contributed by atoms with van der Waals surface area (Å²) in [4.78, 5) is 28.0. The van der Waals surface area contributed by atoms with Gasteiger partial charge in [-0.3, -0.25) is 18.2 Å². The molecule has 23 heteroatoms. The minimum Gasteiger partial charge on any atom is -0.497 e. The van der Waals surface area contributed by atoms with Crippen LogP contribution in [0.25, 0.3) is 22.3 Å². The van der Waals surface area contributed by atoms with Gasteiger partial charge in [-0.15, -0.1) is 0 Å². The van der Waals surface area contributed by atoms with Gasteiger partial charge >= 0.3 is 7.75 Å². The SMILES string of the molecule is CCN(CC)CCNP(=O)(OC[C@H]1O[C@@H](n2cnc3c(N)ncnc32)[C@H](OC)[C@@H]1O)O[C@H]1C[C@H](n2cnc3c(N)ncnc32)O[C@@H]1COC(c1ccccc1)(c1ccc(OC)cc1)c1ccc(OC)cc1. The molecule has 6 heterocycles. The Balaban J connectivity index is 1.06. The molecule has 3 aromatic carbocycles. The highest BCUT2D eigenvalue weighted by Gasteiger charge is 2.49. The fourth-order valence-corrected chi connectivity index (χ4v) is 10.8. The lowest BCUT2D eigenvalue weighted by atomic mass is 9.80. The molecular weight excluding hydrogens is 936 g/mol. The third kappa shape index (κ3) is 10.0. The molecule has 71 heavy (non-hydrogen) atoms. The molecule has 0 amide bonds. The molecule has 6 N–H and O–H groups in total. The Labute approximate surface area is 410 Å². The van der Waals surface area contributed by atoms with Crippen LogP contribution in [0.4, 0.5) is 11.6 Å². The number of hydrogen-bond donors (Lipinski definition) is 4. The fraction of sp³-hybridized carbons (Fsp3) is 0.417. The number of benzene rings is 3. The van der Waals surface area contributed by atoms with Crippen molar-refractivity contribution >= 4 is 41.7 Å². The lowest BCUT2D eigenvalue weighted by Crippen LogP contribution is -2.39. The number of aliphatic hydroxyl groups is 1. The standard InChI is InChI=1S/C48H59N12O10P/c1-6-58(7-2)22-21-57-71(62,67-25-37-41(61)42(65-5)47(69-37)60-29-56-40-44(50)52-27-54-46(40)60)70-35-23-38(59-28-55-39-43(49)51-26-53-45(39)59)68-36(35)24-66-48(30-11-9-8-10-12-30,31-13-17-33(63-3)18-14-31)32-15-19-34(64-4)20-16-32/h8-20,26-29,35-38,41-42,47,61H,6-7,21-25H2,1-5H3,(H,57,62)(H2,49,51,53)(H2,50,52,54)/t35-,36+,37+,38+,41+,42+,47+,71?/m0/s1. The van der Waals surface area contributed by atoms with E-state index in [0.29, 0.717) is 40.4 Å². The van der Waals surface area contributed by atoms with Crippen LogP contribution in [-0.4, -0.2) is 140 Å². The van der Waals surface area contributed by atoms with E-state index in [-0.39, 0.29) is 37.8 Å². The van der Waals surface area contributed by atoms with E-state index in [0.717, 1.165) is 29.8 Å². The summed E-state index contributed by atoms with van der Waals surface area (Å²) in [5.74, 6) is 1.72. The lowest BCUT2D eigenvalue weighted by Gasteiger charge is -2.37. The number of nitrogen functional groups attached to an aromatic ring is 2. The topological polar surface area (TPSA) is 266 Å². The van der Waals surface area contributed by atoms with Crippen molar-refractivity contribution in [2.45, 2.75) is 68.8 Å². The van der Waals surface area contributed by atoms with Gasteiger partial charge in [-0.25, -0.2) is 39.6 Å². The predicted molar refractivity (Wildman–Crippen MR) is 261 cm³/mol. The zero-order valence-electron chi connectivity index (χ0n) is 40.1. The molecule has 4 aromatic heterocycles. The van der Waals surface area contributed by atoms with E-state index < -0.39 is 56.3 Å². The maximum Gasteiger partial charge on any atom is 0.406 e. The summed E-state index contributed by atoms with van der Waals surface area (Å²) in [5.41, 5.74) is 15.1. The Morgan fingerprint density at radius 1 is 0.761 bits per heavy atom. The summed E-state index contributed by atoms with van der Waals surface area (Å²) in [7, 11) is 0.355. The highest BCUT2D eigenvalue weighted by atomic mass is 31.2. The Morgan fingerprint density at radius 3 is 1.92 bits per heavy atom. The molecule has 2 aliphatic heterocycles. The van der Waals surface area contributed by atoms with Gasteiger partial charge in [-0.1, -0.05) is 68.4 Å².